The van der Waals surface area contributed by atoms with E-state index in [0.29, 0.717) is 18.5 Å². The van der Waals surface area contributed by atoms with Gasteiger partial charge in [-0.25, -0.2) is 4.98 Å². The molecule has 7 atom stereocenters. The monoisotopic (exact) mass is 517 g/mol. The highest BCUT2D eigenvalue weighted by molar-refractivity contribution is 5.77. The molecule has 5 fully saturated rings. The van der Waals surface area contributed by atoms with E-state index in [9.17, 15) is 4.79 Å². The summed E-state index contributed by atoms with van der Waals surface area (Å²) in [6.45, 7) is 2.22. The first-order chi connectivity index (χ1) is 18.6. The van der Waals surface area contributed by atoms with Crippen LogP contribution in [0.1, 0.15) is 108 Å². The van der Waals surface area contributed by atoms with Gasteiger partial charge >= 0.3 is 0 Å². The van der Waals surface area contributed by atoms with Crippen molar-refractivity contribution in [2.24, 2.45) is 17.6 Å². The zero-order valence-electron chi connectivity index (χ0n) is 23.1. The number of imidazole rings is 1. The second kappa shape index (κ2) is 10.6. The van der Waals surface area contributed by atoms with Gasteiger partial charge in [0.15, 0.2) is 0 Å². The van der Waals surface area contributed by atoms with Crippen molar-refractivity contribution in [2.75, 3.05) is 19.6 Å². The molecular formula is C32H47N5O. The highest BCUT2D eigenvalue weighted by Crippen LogP contribution is 2.48. The summed E-state index contributed by atoms with van der Waals surface area (Å²) < 4.78 is 2.68. The summed E-state index contributed by atoms with van der Waals surface area (Å²) in [5.41, 5.74) is 8.03. The summed E-state index contributed by atoms with van der Waals surface area (Å²) in [6.07, 6.45) is 19.3. The molecule has 4 heterocycles. The van der Waals surface area contributed by atoms with E-state index in [4.69, 9.17) is 10.7 Å². The van der Waals surface area contributed by atoms with Crippen LogP contribution in [-0.4, -0.2) is 63.0 Å². The van der Waals surface area contributed by atoms with Crippen LogP contribution in [0.3, 0.4) is 0 Å². The average molecular weight is 518 g/mol. The number of primary amides is 1. The number of carbonyl (C=O) groups excluding carboxylic acids is 1. The molecule has 0 spiro atoms. The number of piperidine rings is 3. The largest absolute Gasteiger partial charge is 0.369 e. The third kappa shape index (κ3) is 4.81. The molecule has 1 amide bonds. The Morgan fingerprint density at radius 1 is 0.816 bits per heavy atom. The van der Waals surface area contributed by atoms with Gasteiger partial charge in [0, 0.05) is 36.6 Å². The first kappa shape index (κ1) is 25.1. The van der Waals surface area contributed by atoms with Gasteiger partial charge in [0.1, 0.15) is 5.82 Å². The molecule has 7 rings (SSSR count). The van der Waals surface area contributed by atoms with Crippen LogP contribution in [0.4, 0.5) is 0 Å². The Balaban J connectivity index is 1.17. The molecule has 2 N–H and O–H groups in total. The number of carbonyl (C=O) groups is 1. The van der Waals surface area contributed by atoms with Crippen LogP contribution in [0.25, 0.3) is 11.0 Å². The highest BCUT2D eigenvalue weighted by atomic mass is 16.1. The summed E-state index contributed by atoms with van der Waals surface area (Å²) >= 11 is 0. The molecule has 2 saturated carbocycles. The average Bonchev–Trinajstić information content (AvgIpc) is 3.21. The smallest absolute Gasteiger partial charge is 0.231 e. The molecule has 1 aromatic carbocycles. The van der Waals surface area contributed by atoms with Crippen LogP contribution in [0.5, 0.6) is 0 Å². The molecule has 5 aliphatic rings. The fourth-order valence-corrected chi connectivity index (χ4v) is 9.67. The maximum atomic E-state index is 11.7. The SMILES string of the molecule is NC(=O)CN1CCCC(c2nc3ccccc3n2C2C[C@H]3CCC[C@@H](C2)N3C2C[C@H]3CCCC[C@@H](C2)C3)C1. The number of hydrogen-bond donors (Lipinski definition) is 1. The number of nitrogens with zero attached hydrogens (tertiary/aromatic N) is 4. The van der Waals surface area contributed by atoms with Crippen molar-refractivity contribution in [3.8, 4) is 0 Å². The second-order valence-corrected chi connectivity index (χ2v) is 13.6. The molecule has 2 aromatic rings. The lowest BCUT2D eigenvalue weighted by molar-refractivity contribution is -0.119. The minimum Gasteiger partial charge on any atom is -0.369 e. The standard InChI is InChI=1S/C32H47N5O/c33-31(38)21-35-14-6-9-24(20-35)32-34-29-12-3-4-13-30(29)37(32)28-18-25-10-5-11-26(19-28)36(25)27-16-22-7-1-2-8-23(15-22)17-27/h3-4,12-13,22-28H,1-2,5-11,14-21H2,(H2,33,38)/t22-,23+,24?,25-,26+,27?,28?. The van der Waals surface area contributed by atoms with E-state index in [1.54, 1.807) is 0 Å². The molecular weight excluding hydrogens is 470 g/mol. The van der Waals surface area contributed by atoms with E-state index in [1.807, 2.05) is 0 Å². The molecule has 206 valence electrons. The molecule has 38 heavy (non-hydrogen) atoms. The topological polar surface area (TPSA) is 67.4 Å². The molecule has 0 radical (unpaired) electrons. The third-order valence-electron chi connectivity index (χ3n) is 11.0. The second-order valence-electron chi connectivity index (χ2n) is 13.6. The summed E-state index contributed by atoms with van der Waals surface area (Å²) in [4.78, 5) is 22.3. The zero-order chi connectivity index (χ0) is 25.6. The lowest BCUT2D eigenvalue weighted by Crippen LogP contribution is -2.58. The number of benzene rings is 1. The number of rotatable bonds is 5. The van der Waals surface area contributed by atoms with Crippen LogP contribution in [0.15, 0.2) is 24.3 Å². The van der Waals surface area contributed by atoms with E-state index in [-0.39, 0.29) is 5.91 Å². The van der Waals surface area contributed by atoms with Gasteiger partial charge in [-0.2, -0.15) is 0 Å². The normalized spacial score (nSPS) is 36.7. The maximum Gasteiger partial charge on any atom is 0.231 e. The first-order valence-corrected chi connectivity index (χ1v) is 15.9. The minimum atomic E-state index is -0.220. The Labute approximate surface area is 228 Å². The molecule has 3 saturated heterocycles. The van der Waals surface area contributed by atoms with Crippen LogP contribution in [-0.2, 0) is 4.79 Å². The van der Waals surface area contributed by atoms with Gasteiger partial charge in [-0.15, -0.1) is 0 Å². The van der Waals surface area contributed by atoms with Crippen molar-refractivity contribution in [3.63, 3.8) is 0 Å². The number of fused-ring (bicyclic) bond motifs is 5. The van der Waals surface area contributed by atoms with Gasteiger partial charge in [-0.1, -0.05) is 44.2 Å². The molecule has 6 nitrogen and oxygen atoms in total. The third-order valence-corrected chi connectivity index (χ3v) is 11.0. The van der Waals surface area contributed by atoms with Crippen molar-refractivity contribution < 1.29 is 4.79 Å². The number of hydrogen-bond acceptors (Lipinski definition) is 4. The van der Waals surface area contributed by atoms with Crippen LogP contribution in [0.2, 0.25) is 0 Å². The highest BCUT2D eigenvalue weighted by Gasteiger charge is 2.45. The van der Waals surface area contributed by atoms with Crippen molar-refractivity contribution in [3.05, 3.63) is 30.1 Å². The number of likely N-dealkylation sites (tertiary alicyclic amines) is 1. The van der Waals surface area contributed by atoms with Gasteiger partial charge in [0.05, 0.1) is 17.6 Å². The minimum absolute atomic E-state index is 0.220. The Morgan fingerprint density at radius 2 is 1.55 bits per heavy atom. The van der Waals surface area contributed by atoms with E-state index >= 15 is 0 Å². The summed E-state index contributed by atoms with van der Waals surface area (Å²) in [5.74, 6) is 3.38. The van der Waals surface area contributed by atoms with Crippen molar-refractivity contribution in [1.29, 1.82) is 0 Å². The summed E-state index contributed by atoms with van der Waals surface area (Å²) in [6, 6.07) is 11.6. The van der Waals surface area contributed by atoms with Gasteiger partial charge < -0.3 is 10.3 Å². The number of para-hydroxylation sites is 2. The Kier molecular flexibility index (Phi) is 6.98. The number of amides is 1. The van der Waals surface area contributed by atoms with Crippen LogP contribution >= 0.6 is 0 Å². The van der Waals surface area contributed by atoms with Crippen molar-refractivity contribution in [1.82, 2.24) is 19.4 Å². The van der Waals surface area contributed by atoms with Crippen LogP contribution in [0, 0.1) is 11.8 Å². The van der Waals surface area contributed by atoms with E-state index in [0.717, 1.165) is 61.4 Å². The fraction of sp³-hybridized carbons (Fsp3) is 0.750. The molecule has 4 bridgehead atoms. The zero-order valence-corrected chi connectivity index (χ0v) is 23.1. The van der Waals surface area contributed by atoms with E-state index in [1.165, 1.54) is 88.4 Å². The molecule has 6 heteroatoms. The van der Waals surface area contributed by atoms with Crippen LogP contribution < -0.4 is 5.73 Å². The maximum absolute atomic E-state index is 11.7. The fourth-order valence-electron chi connectivity index (χ4n) is 9.67. The Bertz CT molecular complexity index is 1120. The Morgan fingerprint density at radius 3 is 2.29 bits per heavy atom. The van der Waals surface area contributed by atoms with Gasteiger partial charge in [0.25, 0.3) is 0 Å². The molecule has 1 aromatic heterocycles. The summed E-state index contributed by atoms with van der Waals surface area (Å²) in [5, 5.41) is 0. The van der Waals surface area contributed by atoms with Crippen molar-refractivity contribution >= 4 is 16.9 Å². The first-order valence-electron chi connectivity index (χ1n) is 15.9. The number of aromatic nitrogens is 2. The predicted molar refractivity (Wildman–Crippen MR) is 152 cm³/mol. The quantitative estimate of drug-likeness (QED) is 0.559. The van der Waals surface area contributed by atoms with Gasteiger partial charge in [-0.3, -0.25) is 14.6 Å². The van der Waals surface area contributed by atoms with Gasteiger partial charge in [-0.05, 0) is 88.3 Å². The number of nitrogens with two attached hydrogens (primary N) is 1. The summed E-state index contributed by atoms with van der Waals surface area (Å²) in [7, 11) is 0. The predicted octanol–water partition coefficient (Wildman–Crippen LogP) is 5.62. The molecule has 3 unspecified atom stereocenters. The Hall–Kier alpha value is -1.92. The van der Waals surface area contributed by atoms with Gasteiger partial charge in [0.2, 0.25) is 5.91 Å². The van der Waals surface area contributed by atoms with E-state index in [2.05, 4.69) is 38.6 Å². The van der Waals surface area contributed by atoms with Crippen molar-refractivity contribution in [2.45, 2.75) is 120 Å². The molecule has 2 aliphatic carbocycles. The molecule has 3 aliphatic heterocycles. The van der Waals surface area contributed by atoms with E-state index < -0.39 is 0 Å². The lowest BCUT2D eigenvalue weighted by Gasteiger charge is -2.55. The lowest BCUT2D eigenvalue weighted by atomic mass is 9.73.